The maximum absolute atomic E-state index is 6.08. The molecule has 0 aromatic carbocycles. The van der Waals surface area contributed by atoms with Gasteiger partial charge in [0.05, 0.1) is 15.9 Å². The van der Waals surface area contributed by atoms with Gasteiger partial charge in [0.1, 0.15) is 0 Å². The Bertz CT molecular complexity index is 344. The molecule has 0 bridgehead atoms. The zero-order valence-corrected chi connectivity index (χ0v) is 12.2. The third kappa shape index (κ3) is 3.59. The molecule has 1 aromatic heterocycles. The first-order valence-electron chi connectivity index (χ1n) is 5.85. The van der Waals surface area contributed by atoms with Crippen molar-refractivity contribution in [3.63, 3.8) is 0 Å². The third-order valence-electron chi connectivity index (χ3n) is 2.79. The lowest BCUT2D eigenvalue weighted by Crippen LogP contribution is -2.23. The molecule has 2 N–H and O–H groups in total. The zero-order chi connectivity index (χ0) is 12.3. The quantitative estimate of drug-likeness (QED) is 0.905. The second kappa shape index (κ2) is 5.82. The van der Waals surface area contributed by atoms with E-state index in [1.54, 1.807) is 0 Å². The highest BCUT2D eigenvalue weighted by Crippen LogP contribution is 2.22. The predicted octanol–water partition coefficient (Wildman–Crippen LogP) is 2.80. The highest BCUT2D eigenvalue weighted by Gasteiger charge is 2.12. The van der Waals surface area contributed by atoms with Crippen LogP contribution in [0.2, 0.25) is 0 Å². The standard InChI is InChI=1S/C12H22BrN3/c1-8(2)7-10(14)5-6-11-12(13)9(3)15-16(11)4/h8,10H,5-7,14H2,1-4H3. The first-order chi connectivity index (χ1) is 7.41. The van der Waals surface area contributed by atoms with Crippen LogP contribution in [-0.2, 0) is 13.5 Å². The van der Waals surface area contributed by atoms with Crippen LogP contribution >= 0.6 is 15.9 Å². The van der Waals surface area contributed by atoms with E-state index >= 15 is 0 Å². The highest BCUT2D eigenvalue weighted by molar-refractivity contribution is 9.10. The van der Waals surface area contributed by atoms with Crippen molar-refractivity contribution in [3.8, 4) is 0 Å². The summed E-state index contributed by atoms with van der Waals surface area (Å²) in [5, 5.41) is 4.38. The van der Waals surface area contributed by atoms with Crippen LogP contribution in [0, 0.1) is 12.8 Å². The van der Waals surface area contributed by atoms with E-state index in [9.17, 15) is 0 Å². The van der Waals surface area contributed by atoms with Crippen LogP contribution in [0.1, 0.15) is 38.1 Å². The van der Waals surface area contributed by atoms with Gasteiger partial charge in [0, 0.05) is 13.1 Å². The summed E-state index contributed by atoms with van der Waals surface area (Å²) in [4.78, 5) is 0. The van der Waals surface area contributed by atoms with E-state index in [1.807, 2.05) is 18.7 Å². The summed E-state index contributed by atoms with van der Waals surface area (Å²) in [6.07, 6.45) is 3.11. The largest absolute Gasteiger partial charge is 0.328 e. The van der Waals surface area contributed by atoms with Crippen molar-refractivity contribution in [1.29, 1.82) is 0 Å². The minimum absolute atomic E-state index is 0.294. The molecule has 0 spiro atoms. The number of aryl methyl sites for hydroxylation is 2. The summed E-state index contributed by atoms with van der Waals surface area (Å²) in [6, 6.07) is 0.294. The molecule has 16 heavy (non-hydrogen) atoms. The summed E-state index contributed by atoms with van der Waals surface area (Å²) in [5.74, 6) is 0.673. The van der Waals surface area contributed by atoms with Crippen molar-refractivity contribution in [1.82, 2.24) is 9.78 Å². The van der Waals surface area contributed by atoms with E-state index in [1.165, 1.54) is 5.69 Å². The van der Waals surface area contributed by atoms with Gasteiger partial charge in [0.2, 0.25) is 0 Å². The fraction of sp³-hybridized carbons (Fsp3) is 0.750. The minimum Gasteiger partial charge on any atom is -0.328 e. The third-order valence-corrected chi connectivity index (χ3v) is 3.82. The molecule has 1 unspecified atom stereocenters. The highest BCUT2D eigenvalue weighted by atomic mass is 79.9. The molecule has 1 rings (SSSR count). The molecule has 1 aromatic rings. The maximum atomic E-state index is 6.08. The molecule has 0 aliphatic carbocycles. The molecule has 1 atom stereocenters. The van der Waals surface area contributed by atoms with Crippen molar-refractivity contribution in [2.24, 2.45) is 18.7 Å². The van der Waals surface area contributed by atoms with E-state index in [2.05, 4.69) is 34.9 Å². The lowest BCUT2D eigenvalue weighted by atomic mass is 10.00. The molecule has 0 aliphatic heterocycles. The molecule has 92 valence electrons. The van der Waals surface area contributed by atoms with Gasteiger partial charge in [-0.05, 0) is 48.0 Å². The van der Waals surface area contributed by atoms with E-state index < -0.39 is 0 Å². The average Bonchev–Trinajstić information content (AvgIpc) is 2.38. The zero-order valence-electron chi connectivity index (χ0n) is 10.6. The summed E-state index contributed by atoms with van der Waals surface area (Å²) in [6.45, 7) is 6.44. The van der Waals surface area contributed by atoms with Crippen LogP contribution in [-0.4, -0.2) is 15.8 Å². The van der Waals surface area contributed by atoms with E-state index in [-0.39, 0.29) is 0 Å². The maximum Gasteiger partial charge on any atom is 0.0738 e. The van der Waals surface area contributed by atoms with E-state index in [4.69, 9.17) is 5.73 Å². The van der Waals surface area contributed by atoms with Crippen LogP contribution in [0.3, 0.4) is 0 Å². The summed E-state index contributed by atoms with van der Waals surface area (Å²) < 4.78 is 3.08. The van der Waals surface area contributed by atoms with Crippen LogP contribution in [0.25, 0.3) is 0 Å². The van der Waals surface area contributed by atoms with Crippen molar-refractivity contribution >= 4 is 15.9 Å². The Labute approximate surface area is 107 Å². The second-order valence-corrected chi connectivity index (χ2v) is 5.69. The predicted molar refractivity (Wildman–Crippen MR) is 71.4 cm³/mol. The summed E-state index contributed by atoms with van der Waals surface area (Å²) in [5.41, 5.74) is 8.38. The van der Waals surface area contributed by atoms with Crippen LogP contribution in [0.15, 0.2) is 4.47 Å². The first kappa shape index (κ1) is 13.7. The fourth-order valence-electron chi connectivity index (χ4n) is 2.00. The number of rotatable bonds is 5. The summed E-state index contributed by atoms with van der Waals surface area (Å²) >= 11 is 3.58. The molecular formula is C12H22BrN3. The number of aromatic nitrogens is 2. The molecule has 0 aliphatic rings. The fourth-order valence-corrected chi connectivity index (χ4v) is 2.53. The van der Waals surface area contributed by atoms with Gasteiger partial charge in [-0.25, -0.2) is 0 Å². The number of nitrogens with two attached hydrogens (primary N) is 1. The Morgan fingerprint density at radius 3 is 2.50 bits per heavy atom. The number of hydrogen-bond acceptors (Lipinski definition) is 2. The monoisotopic (exact) mass is 287 g/mol. The van der Waals surface area contributed by atoms with E-state index in [0.717, 1.165) is 29.4 Å². The molecule has 0 saturated heterocycles. The topological polar surface area (TPSA) is 43.8 Å². The normalized spacial score (nSPS) is 13.4. The van der Waals surface area contributed by atoms with Gasteiger partial charge >= 0.3 is 0 Å². The van der Waals surface area contributed by atoms with Crippen LogP contribution in [0.4, 0.5) is 0 Å². The smallest absolute Gasteiger partial charge is 0.0738 e. The lowest BCUT2D eigenvalue weighted by molar-refractivity contribution is 0.468. The molecule has 0 fully saturated rings. The number of hydrogen-bond donors (Lipinski definition) is 1. The Balaban J connectivity index is 2.54. The number of halogens is 1. The molecule has 1 heterocycles. The van der Waals surface area contributed by atoms with Crippen molar-refractivity contribution in [2.75, 3.05) is 0 Å². The minimum atomic E-state index is 0.294. The van der Waals surface area contributed by atoms with Gasteiger partial charge in [-0.15, -0.1) is 0 Å². The SMILES string of the molecule is Cc1nn(C)c(CCC(N)CC(C)C)c1Br. The molecule has 0 amide bonds. The van der Waals surface area contributed by atoms with Crippen molar-refractivity contribution < 1.29 is 0 Å². The lowest BCUT2D eigenvalue weighted by Gasteiger charge is -2.13. The second-order valence-electron chi connectivity index (χ2n) is 4.90. The Kier molecular flexibility index (Phi) is 4.99. The van der Waals surface area contributed by atoms with Gasteiger partial charge in [-0.2, -0.15) is 5.10 Å². The van der Waals surface area contributed by atoms with E-state index in [0.29, 0.717) is 12.0 Å². The van der Waals surface area contributed by atoms with Gasteiger partial charge in [-0.1, -0.05) is 13.8 Å². The molecule has 0 radical (unpaired) electrons. The summed E-state index contributed by atoms with van der Waals surface area (Å²) in [7, 11) is 1.99. The first-order valence-corrected chi connectivity index (χ1v) is 6.64. The molecule has 0 saturated carbocycles. The van der Waals surface area contributed by atoms with Gasteiger partial charge in [0.15, 0.2) is 0 Å². The van der Waals surface area contributed by atoms with Crippen molar-refractivity contribution in [3.05, 3.63) is 15.9 Å². The molecular weight excluding hydrogens is 266 g/mol. The molecule has 4 heteroatoms. The average molecular weight is 288 g/mol. The van der Waals surface area contributed by atoms with Gasteiger partial charge in [-0.3, -0.25) is 4.68 Å². The van der Waals surface area contributed by atoms with Crippen LogP contribution < -0.4 is 5.73 Å². The Hall–Kier alpha value is -0.350. The molecule has 3 nitrogen and oxygen atoms in total. The van der Waals surface area contributed by atoms with Crippen LogP contribution in [0.5, 0.6) is 0 Å². The van der Waals surface area contributed by atoms with Gasteiger partial charge < -0.3 is 5.73 Å². The number of nitrogens with zero attached hydrogens (tertiary/aromatic N) is 2. The van der Waals surface area contributed by atoms with Crippen molar-refractivity contribution in [2.45, 2.75) is 46.1 Å². The van der Waals surface area contributed by atoms with Gasteiger partial charge in [0.25, 0.3) is 0 Å². The Morgan fingerprint density at radius 2 is 2.06 bits per heavy atom. The Morgan fingerprint density at radius 1 is 1.44 bits per heavy atom.